The van der Waals surface area contributed by atoms with Crippen molar-refractivity contribution < 1.29 is 14.3 Å². The van der Waals surface area contributed by atoms with Crippen LogP contribution in [0, 0.1) is 6.92 Å². The van der Waals surface area contributed by atoms with Crippen LogP contribution >= 0.6 is 23.1 Å². The zero-order valence-electron chi connectivity index (χ0n) is 16.3. The summed E-state index contributed by atoms with van der Waals surface area (Å²) in [6, 6.07) is 16.8. The van der Waals surface area contributed by atoms with Crippen molar-refractivity contribution in [2.24, 2.45) is 0 Å². The molecule has 1 heterocycles. The molecule has 29 heavy (non-hydrogen) atoms. The second kappa shape index (κ2) is 10.2. The lowest BCUT2D eigenvalue weighted by Gasteiger charge is -2.14. The first kappa shape index (κ1) is 21.1. The maximum Gasteiger partial charge on any atom is 0.338 e. The summed E-state index contributed by atoms with van der Waals surface area (Å²) in [4.78, 5) is 29.1. The van der Waals surface area contributed by atoms with Gasteiger partial charge in [0.2, 0.25) is 0 Å². The Morgan fingerprint density at radius 2 is 1.86 bits per heavy atom. The minimum absolute atomic E-state index is 0.159. The summed E-state index contributed by atoms with van der Waals surface area (Å²) in [6.07, 6.45) is 0. The number of carbonyl (C=O) groups is 2. The number of thiazole rings is 1. The molecule has 0 aliphatic carbocycles. The Balaban J connectivity index is 1.54. The van der Waals surface area contributed by atoms with Crippen molar-refractivity contribution in [3.63, 3.8) is 0 Å². The van der Waals surface area contributed by atoms with Crippen LogP contribution in [0.3, 0.4) is 0 Å². The van der Waals surface area contributed by atoms with E-state index >= 15 is 0 Å². The van der Waals surface area contributed by atoms with Crippen LogP contribution in [-0.2, 0) is 15.3 Å². The molecule has 1 N–H and O–H groups in total. The maximum absolute atomic E-state index is 12.5. The molecule has 3 rings (SSSR count). The molecule has 1 atom stereocenters. The molecule has 0 radical (unpaired) electrons. The summed E-state index contributed by atoms with van der Waals surface area (Å²) in [7, 11) is 0. The summed E-state index contributed by atoms with van der Waals surface area (Å²) >= 11 is 3.16. The van der Waals surface area contributed by atoms with Crippen molar-refractivity contribution in [1.29, 1.82) is 0 Å². The third-order valence-corrected chi connectivity index (χ3v) is 6.39. The monoisotopic (exact) mass is 426 g/mol. The van der Waals surface area contributed by atoms with Crippen molar-refractivity contribution in [3.05, 3.63) is 82.4 Å². The van der Waals surface area contributed by atoms with Crippen molar-refractivity contribution >= 4 is 35.0 Å². The number of thioether (sulfide) groups is 1. The highest BCUT2D eigenvalue weighted by atomic mass is 32.2. The molecular weight excluding hydrogens is 404 g/mol. The number of hydrogen-bond donors (Lipinski definition) is 1. The number of esters is 1. The molecular formula is C22H22N2O3S2. The van der Waals surface area contributed by atoms with E-state index in [4.69, 9.17) is 4.74 Å². The Kier molecular flexibility index (Phi) is 7.43. The molecule has 2 aromatic carbocycles. The first-order valence-electron chi connectivity index (χ1n) is 9.17. The molecule has 0 fully saturated rings. The lowest BCUT2D eigenvalue weighted by atomic mass is 10.1. The Morgan fingerprint density at radius 3 is 2.59 bits per heavy atom. The van der Waals surface area contributed by atoms with Gasteiger partial charge in [-0.05, 0) is 31.0 Å². The lowest BCUT2D eigenvalue weighted by Crippen LogP contribution is -2.31. The smallest absolute Gasteiger partial charge is 0.338 e. The van der Waals surface area contributed by atoms with Gasteiger partial charge in [-0.2, -0.15) is 0 Å². The molecule has 0 aliphatic rings. The molecule has 1 amide bonds. The van der Waals surface area contributed by atoms with Crippen LogP contribution in [0.4, 0.5) is 0 Å². The van der Waals surface area contributed by atoms with Gasteiger partial charge in [-0.3, -0.25) is 4.79 Å². The quantitative estimate of drug-likeness (QED) is 0.415. The Hall–Kier alpha value is -2.64. The minimum Gasteiger partial charge on any atom is -0.452 e. The second-order valence-corrected chi connectivity index (χ2v) is 8.56. The van der Waals surface area contributed by atoms with Gasteiger partial charge in [0.05, 0.1) is 11.6 Å². The normalized spacial score (nSPS) is 11.7. The minimum atomic E-state index is -0.501. The van der Waals surface area contributed by atoms with E-state index in [2.05, 4.69) is 10.3 Å². The van der Waals surface area contributed by atoms with Crippen LogP contribution in [0.25, 0.3) is 0 Å². The second-order valence-electron chi connectivity index (χ2n) is 6.48. The lowest BCUT2D eigenvalue weighted by molar-refractivity contribution is -0.124. The molecule has 3 aromatic rings. The molecule has 1 aromatic heterocycles. The molecule has 5 nitrogen and oxygen atoms in total. The van der Waals surface area contributed by atoms with E-state index in [1.807, 2.05) is 61.7 Å². The Morgan fingerprint density at radius 1 is 1.14 bits per heavy atom. The van der Waals surface area contributed by atoms with Crippen molar-refractivity contribution in [2.75, 3.05) is 6.61 Å². The predicted molar refractivity (Wildman–Crippen MR) is 116 cm³/mol. The van der Waals surface area contributed by atoms with Gasteiger partial charge in [0.1, 0.15) is 4.34 Å². The maximum atomic E-state index is 12.5. The van der Waals surface area contributed by atoms with Gasteiger partial charge >= 0.3 is 5.97 Å². The number of carbonyl (C=O) groups excluding carboxylic acids is 2. The Bertz CT molecular complexity index is 973. The van der Waals surface area contributed by atoms with E-state index < -0.39 is 5.97 Å². The summed E-state index contributed by atoms with van der Waals surface area (Å²) in [5.74, 6) is -0.228. The fraction of sp³-hybridized carbons (Fsp3) is 0.227. The van der Waals surface area contributed by atoms with Gasteiger partial charge in [0, 0.05) is 16.8 Å². The van der Waals surface area contributed by atoms with Crippen LogP contribution in [0.1, 0.15) is 40.1 Å². The van der Waals surface area contributed by atoms with Gasteiger partial charge in [-0.25, -0.2) is 9.78 Å². The number of nitrogens with zero attached hydrogens (tertiary/aromatic N) is 1. The molecule has 0 saturated heterocycles. The van der Waals surface area contributed by atoms with E-state index in [1.54, 1.807) is 35.2 Å². The average Bonchev–Trinajstić information content (AvgIpc) is 3.16. The van der Waals surface area contributed by atoms with E-state index in [1.165, 1.54) is 0 Å². The number of nitrogens with one attached hydrogen (secondary N) is 1. The van der Waals surface area contributed by atoms with E-state index in [9.17, 15) is 9.59 Å². The molecule has 0 bridgehead atoms. The topological polar surface area (TPSA) is 68.3 Å². The fourth-order valence-corrected chi connectivity index (χ4v) is 4.55. The number of aryl methyl sites for hydroxylation is 1. The SMILES string of the molecule is Cc1csc(SCc2ccccc2C(=O)OCC(=O)NC(C)c2ccccc2)n1. The average molecular weight is 427 g/mol. The van der Waals surface area contributed by atoms with Crippen LogP contribution in [0.5, 0.6) is 0 Å². The summed E-state index contributed by atoms with van der Waals surface area (Å²) in [5, 5.41) is 4.84. The number of benzene rings is 2. The van der Waals surface area contributed by atoms with Crippen LogP contribution in [0.2, 0.25) is 0 Å². The Labute approximate surface area is 178 Å². The summed E-state index contributed by atoms with van der Waals surface area (Å²) in [6.45, 7) is 3.53. The first-order chi connectivity index (χ1) is 14.0. The predicted octanol–water partition coefficient (Wildman–Crippen LogP) is 4.78. The van der Waals surface area contributed by atoms with Crippen molar-refractivity contribution in [3.8, 4) is 0 Å². The van der Waals surface area contributed by atoms with Gasteiger partial charge in [-0.15, -0.1) is 11.3 Å². The number of hydrogen-bond acceptors (Lipinski definition) is 6. The van der Waals surface area contributed by atoms with Gasteiger partial charge in [0.15, 0.2) is 6.61 Å². The summed E-state index contributed by atoms with van der Waals surface area (Å²) in [5.41, 5.74) is 3.30. The van der Waals surface area contributed by atoms with E-state index in [0.29, 0.717) is 11.3 Å². The zero-order valence-corrected chi connectivity index (χ0v) is 17.9. The first-order valence-corrected chi connectivity index (χ1v) is 11.0. The third kappa shape index (κ3) is 6.17. The van der Waals surface area contributed by atoms with Crippen LogP contribution in [-0.4, -0.2) is 23.5 Å². The molecule has 0 spiro atoms. The largest absolute Gasteiger partial charge is 0.452 e. The number of aromatic nitrogens is 1. The van der Waals surface area contributed by atoms with E-state index in [0.717, 1.165) is 21.2 Å². The third-order valence-electron chi connectivity index (χ3n) is 4.20. The molecule has 0 aliphatic heterocycles. The highest BCUT2D eigenvalue weighted by Gasteiger charge is 2.16. The molecule has 150 valence electrons. The standard InChI is InChI=1S/C22H22N2O3S2/c1-15-13-28-22(23-15)29-14-18-10-6-7-11-19(18)21(26)27-12-20(25)24-16(2)17-8-4-3-5-9-17/h3-11,13,16H,12,14H2,1-2H3,(H,24,25). The molecule has 0 saturated carbocycles. The van der Waals surface area contributed by atoms with E-state index in [-0.39, 0.29) is 18.6 Å². The van der Waals surface area contributed by atoms with Gasteiger partial charge in [0.25, 0.3) is 5.91 Å². The molecule has 7 heteroatoms. The zero-order chi connectivity index (χ0) is 20.6. The highest BCUT2D eigenvalue weighted by Crippen LogP contribution is 2.27. The highest BCUT2D eigenvalue weighted by molar-refractivity contribution is 8.00. The molecule has 1 unspecified atom stereocenters. The van der Waals surface area contributed by atoms with Crippen molar-refractivity contribution in [1.82, 2.24) is 10.3 Å². The van der Waals surface area contributed by atoms with Crippen LogP contribution < -0.4 is 5.32 Å². The number of amides is 1. The number of ether oxygens (including phenoxy) is 1. The summed E-state index contributed by atoms with van der Waals surface area (Å²) < 4.78 is 6.21. The fourth-order valence-electron chi connectivity index (χ4n) is 2.70. The van der Waals surface area contributed by atoms with Crippen molar-refractivity contribution in [2.45, 2.75) is 30.0 Å². The number of rotatable bonds is 8. The van der Waals surface area contributed by atoms with Gasteiger partial charge in [-0.1, -0.05) is 60.3 Å². The van der Waals surface area contributed by atoms with Crippen LogP contribution in [0.15, 0.2) is 64.3 Å². The van der Waals surface area contributed by atoms with Gasteiger partial charge < -0.3 is 10.1 Å².